The van der Waals surface area contributed by atoms with Gasteiger partial charge in [0.2, 0.25) is 0 Å². The maximum atomic E-state index is 9.38. The molecule has 0 spiro atoms. The van der Waals surface area contributed by atoms with E-state index >= 15 is 0 Å². The van der Waals surface area contributed by atoms with E-state index in [4.69, 9.17) is 0 Å². The molecule has 2 nitrogen and oxygen atoms in total. The molecule has 0 saturated carbocycles. The van der Waals surface area contributed by atoms with Crippen molar-refractivity contribution in [3.8, 4) is 0 Å². The summed E-state index contributed by atoms with van der Waals surface area (Å²) < 4.78 is 0. The second kappa shape index (κ2) is 4.05. The molecule has 0 saturated heterocycles. The number of hydrogen-bond donors (Lipinski definition) is 1. The van der Waals surface area contributed by atoms with Gasteiger partial charge < -0.3 is 5.11 Å². The summed E-state index contributed by atoms with van der Waals surface area (Å²) in [6, 6.07) is 2.13. The molecule has 1 unspecified atom stereocenters. The van der Waals surface area contributed by atoms with Crippen molar-refractivity contribution in [3.63, 3.8) is 0 Å². The minimum Gasteiger partial charge on any atom is -0.388 e. The fourth-order valence-electron chi connectivity index (χ4n) is 1.54. The summed E-state index contributed by atoms with van der Waals surface area (Å²) >= 11 is 1.72. The zero-order chi connectivity index (χ0) is 9.10. The quantitative estimate of drug-likeness (QED) is 0.723. The average molecular weight is 195 g/mol. The normalized spacial score (nSPS) is 23.6. The van der Waals surface area contributed by atoms with Gasteiger partial charge >= 0.3 is 0 Å². The molecule has 1 aliphatic rings. The van der Waals surface area contributed by atoms with E-state index in [1.54, 1.807) is 11.3 Å². The lowest BCUT2D eigenvalue weighted by molar-refractivity contribution is 0.140. The number of aliphatic hydroxyl groups is 1. The fraction of sp³-hybridized carbons (Fsp3) is 0.400. The van der Waals surface area contributed by atoms with Gasteiger partial charge in [0.15, 0.2) is 0 Å². The molecule has 70 valence electrons. The van der Waals surface area contributed by atoms with Crippen LogP contribution in [0.15, 0.2) is 29.0 Å². The number of β-amino-alcohol motifs (C(OH)–C–C–N with tert-alkyl or cyclic N) is 1. The summed E-state index contributed by atoms with van der Waals surface area (Å²) in [5.41, 5.74) is 1.34. The van der Waals surface area contributed by atoms with Crippen LogP contribution in [0.2, 0.25) is 0 Å². The Labute approximate surface area is 82.1 Å². The predicted molar refractivity (Wildman–Crippen MR) is 54.7 cm³/mol. The van der Waals surface area contributed by atoms with Crippen molar-refractivity contribution in [2.45, 2.75) is 12.6 Å². The molecule has 0 aliphatic carbocycles. The summed E-state index contributed by atoms with van der Waals surface area (Å²) in [7, 11) is 0. The Bertz CT molecular complexity index is 281. The van der Waals surface area contributed by atoms with Crippen molar-refractivity contribution in [3.05, 3.63) is 34.5 Å². The Morgan fingerprint density at radius 3 is 3.23 bits per heavy atom. The second-order valence-corrected chi connectivity index (χ2v) is 4.10. The van der Waals surface area contributed by atoms with Crippen LogP contribution in [-0.4, -0.2) is 29.2 Å². The minimum absolute atomic E-state index is 0.285. The highest BCUT2D eigenvalue weighted by molar-refractivity contribution is 7.07. The van der Waals surface area contributed by atoms with Crippen LogP contribution in [0.4, 0.5) is 0 Å². The minimum atomic E-state index is -0.285. The van der Waals surface area contributed by atoms with E-state index in [0.717, 1.165) is 19.6 Å². The smallest absolute Gasteiger partial charge is 0.0848 e. The molecular weight excluding hydrogens is 182 g/mol. The molecule has 0 fully saturated rings. The molecule has 1 N–H and O–H groups in total. The van der Waals surface area contributed by atoms with Crippen molar-refractivity contribution < 1.29 is 5.11 Å². The zero-order valence-corrected chi connectivity index (χ0v) is 8.20. The van der Waals surface area contributed by atoms with E-state index < -0.39 is 0 Å². The van der Waals surface area contributed by atoms with E-state index in [1.807, 2.05) is 12.2 Å². The van der Waals surface area contributed by atoms with Crippen molar-refractivity contribution in [1.29, 1.82) is 0 Å². The third-order valence-electron chi connectivity index (χ3n) is 2.15. The topological polar surface area (TPSA) is 23.5 Å². The van der Waals surface area contributed by atoms with Crippen molar-refractivity contribution >= 4 is 11.3 Å². The molecule has 0 radical (unpaired) electrons. The Morgan fingerprint density at radius 1 is 1.62 bits per heavy atom. The predicted octanol–water partition coefficient (Wildman–Crippen LogP) is 1.48. The maximum absolute atomic E-state index is 9.38. The second-order valence-electron chi connectivity index (χ2n) is 3.32. The van der Waals surface area contributed by atoms with Crippen molar-refractivity contribution in [2.24, 2.45) is 0 Å². The molecule has 1 aromatic heterocycles. The molecule has 1 atom stereocenters. The first-order chi connectivity index (χ1) is 6.34. The number of nitrogens with zero attached hydrogens (tertiary/aromatic N) is 1. The third-order valence-corrected chi connectivity index (χ3v) is 2.89. The van der Waals surface area contributed by atoms with Crippen LogP contribution in [0, 0.1) is 0 Å². The van der Waals surface area contributed by atoms with E-state index in [-0.39, 0.29) is 6.10 Å². The largest absolute Gasteiger partial charge is 0.388 e. The highest BCUT2D eigenvalue weighted by Gasteiger charge is 2.12. The van der Waals surface area contributed by atoms with Gasteiger partial charge in [0.1, 0.15) is 0 Å². The Hall–Kier alpha value is -0.640. The molecule has 2 rings (SSSR count). The van der Waals surface area contributed by atoms with Gasteiger partial charge in [0.25, 0.3) is 0 Å². The van der Waals surface area contributed by atoms with Gasteiger partial charge in [-0.25, -0.2) is 0 Å². The molecule has 0 aromatic carbocycles. The molecule has 1 aromatic rings. The average Bonchev–Trinajstić information content (AvgIpc) is 2.57. The number of hydrogen-bond acceptors (Lipinski definition) is 3. The van der Waals surface area contributed by atoms with Gasteiger partial charge in [0.05, 0.1) is 6.10 Å². The Kier molecular flexibility index (Phi) is 2.78. The van der Waals surface area contributed by atoms with E-state index in [9.17, 15) is 5.11 Å². The molecule has 0 amide bonds. The van der Waals surface area contributed by atoms with Gasteiger partial charge in [-0.3, -0.25) is 4.90 Å². The molecule has 13 heavy (non-hydrogen) atoms. The Morgan fingerprint density at radius 2 is 2.54 bits per heavy atom. The van der Waals surface area contributed by atoms with Gasteiger partial charge in [-0.1, -0.05) is 12.2 Å². The van der Waals surface area contributed by atoms with Crippen LogP contribution in [0.25, 0.3) is 0 Å². The first kappa shape index (κ1) is 8.94. The first-order valence-electron chi connectivity index (χ1n) is 4.43. The lowest BCUT2D eigenvalue weighted by Crippen LogP contribution is -2.34. The molecule has 0 bridgehead atoms. The maximum Gasteiger partial charge on any atom is 0.0848 e. The molecular formula is C10H13NOS. The van der Waals surface area contributed by atoms with Crippen LogP contribution in [0.3, 0.4) is 0 Å². The van der Waals surface area contributed by atoms with E-state index in [2.05, 4.69) is 21.7 Å². The third kappa shape index (κ3) is 2.40. The highest BCUT2D eigenvalue weighted by atomic mass is 32.1. The lowest BCUT2D eigenvalue weighted by atomic mass is 10.2. The lowest BCUT2D eigenvalue weighted by Gasteiger charge is -2.25. The number of rotatable bonds is 2. The van der Waals surface area contributed by atoms with Crippen molar-refractivity contribution in [1.82, 2.24) is 4.90 Å². The van der Waals surface area contributed by atoms with Crippen LogP contribution in [0.5, 0.6) is 0 Å². The standard InChI is InChI=1S/C10H13NOS/c12-10-2-1-4-11(7-10)6-9-3-5-13-8-9/h1-3,5,8,10,12H,4,6-7H2. The van der Waals surface area contributed by atoms with Gasteiger partial charge in [0, 0.05) is 19.6 Å². The number of aliphatic hydroxyl groups excluding tert-OH is 1. The van der Waals surface area contributed by atoms with Gasteiger partial charge in [-0.05, 0) is 22.4 Å². The summed E-state index contributed by atoms with van der Waals surface area (Å²) in [5.74, 6) is 0. The van der Waals surface area contributed by atoms with E-state index in [1.165, 1.54) is 5.56 Å². The van der Waals surface area contributed by atoms with E-state index in [0.29, 0.717) is 0 Å². The summed E-state index contributed by atoms with van der Waals surface area (Å²) in [6.07, 6.45) is 3.61. The Balaban J connectivity index is 1.93. The van der Waals surface area contributed by atoms with Gasteiger partial charge in [-0.15, -0.1) is 0 Å². The SMILES string of the molecule is OC1C=CCN(Cc2ccsc2)C1. The zero-order valence-electron chi connectivity index (χ0n) is 7.39. The van der Waals surface area contributed by atoms with Crippen LogP contribution >= 0.6 is 11.3 Å². The summed E-state index contributed by atoms with van der Waals surface area (Å²) in [5, 5.41) is 13.6. The van der Waals surface area contributed by atoms with Crippen LogP contribution in [-0.2, 0) is 6.54 Å². The first-order valence-corrected chi connectivity index (χ1v) is 5.37. The highest BCUT2D eigenvalue weighted by Crippen LogP contribution is 2.11. The van der Waals surface area contributed by atoms with Gasteiger partial charge in [-0.2, -0.15) is 11.3 Å². The molecule has 2 heterocycles. The van der Waals surface area contributed by atoms with Crippen LogP contribution < -0.4 is 0 Å². The molecule has 3 heteroatoms. The fourth-order valence-corrected chi connectivity index (χ4v) is 2.20. The van der Waals surface area contributed by atoms with Crippen LogP contribution in [0.1, 0.15) is 5.56 Å². The monoisotopic (exact) mass is 195 g/mol. The number of thiophene rings is 1. The van der Waals surface area contributed by atoms with Crippen molar-refractivity contribution in [2.75, 3.05) is 13.1 Å². The summed E-state index contributed by atoms with van der Waals surface area (Å²) in [6.45, 7) is 2.66. The summed E-state index contributed by atoms with van der Waals surface area (Å²) in [4.78, 5) is 2.24. The molecule has 1 aliphatic heterocycles.